The maximum atomic E-state index is 5.62. The molecule has 0 heterocycles. The van der Waals surface area contributed by atoms with Crippen LogP contribution in [0.5, 0.6) is 5.75 Å². The highest BCUT2D eigenvalue weighted by Gasteiger charge is 1.93. The number of rotatable bonds is 13. The van der Waals surface area contributed by atoms with Gasteiger partial charge in [0.2, 0.25) is 0 Å². The first-order valence-corrected chi connectivity index (χ1v) is 7.38. The van der Waals surface area contributed by atoms with Crippen molar-refractivity contribution >= 4 is 0 Å². The Morgan fingerprint density at radius 3 is 2.45 bits per heavy atom. The van der Waals surface area contributed by atoms with E-state index in [-0.39, 0.29) is 0 Å². The molecule has 0 bridgehead atoms. The van der Waals surface area contributed by atoms with Gasteiger partial charge in [0.1, 0.15) is 5.75 Å². The third kappa shape index (κ3) is 9.78. The first-order chi connectivity index (χ1) is 9.93. The van der Waals surface area contributed by atoms with E-state index < -0.39 is 0 Å². The molecule has 0 fully saturated rings. The SMILES string of the molecule is COCCOCCCCNCCCOc1ccccc1. The van der Waals surface area contributed by atoms with Crippen LogP contribution in [0.15, 0.2) is 30.3 Å². The Labute approximate surface area is 122 Å². The average Bonchev–Trinajstić information content (AvgIpc) is 2.49. The molecule has 4 heteroatoms. The summed E-state index contributed by atoms with van der Waals surface area (Å²) < 4.78 is 15.9. The molecular formula is C16H27NO3. The summed E-state index contributed by atoms with van der Waals surface area (Å²) in [5.74, 6) is 0.945. The molecule has 20 heavy (non-hydrogen) atoms. The highest BCUT2D eigenvalue weighted by Crippen LogP contribution is 2.07. The molecule has 0 unspecified atom stereocenters. The topological polar surface area (TPSA) is 39.7 Å². The summed E-state index contributed by atoms with van der Waals surface area (Å²) in [5.41, 5.74) is 0. The fraction of sp³-hybridized carbons (Fsp3) is 0.625. The highest BCUT2D eigenvalue weighted by molar-refractivity contribution is 5.20. The summed E-state index contributed by atoms with van der Waals surface area (Å²) in [7, 11) is 1.69. The number of hydrogen-bond donors (Lipinski definition) is 1. The molecular weight excluding hydrogens is 254 g/mol. The predicted octanol–water partition coefficient (Wildman–Crippen LogP) is 2.49. The van der Waals surface area contributed by atoms with Crippen molar-refractivity contribution in [1.82, 2.24) is 5.32 Å². The monoisotopic (exact) mass is 281 g/mol. The van der Waals surface area contributed by atoms with Crippen molar-refractivity contribution in [3.63, 3.8) is 0 Å². The van der Waals surface area contributed by atoms with Gasteiger partial charge in [-0.1, -0.05) is 18.2 Å². The van der Waals surface area contributed by atoms with Crippen molar-refractivity contribution in [2.45, 2.75) is 19.3 Å². The van der Waals surface area contributed by atoms with Gasteiger partial charge in [-0.2, -0.15) is 0 Å². The van der Waals surface area contributed by atoms with Gasteiger partial charge in [-0.3, -0.25) is 0 Å². The molecule has 0 atom stereocenters. The minimum absolute atomic E-state index is 0.680. The van der Waals surface area contributed by atoms with E-state index >= 15 is 0 Å². The van der Waals surface area contributed by atoms with Crippen molar-refractivity contribution in [2.75, 3.05) is 46.6 Å². The largest absolute Gasteiger partial charge is 0.494 e. The molecule has 4 nitrogen and oxygen atoms in total. The lowest BCUT2D eigenvalue weighted by molar-refractivity contribution is 0.0688. The minimum Gasteiger partial charge on any atom is -0.494 e. The zero-order valence-corrected chi connectivity index (χ0v) is 12.5. The highest BCUT2D eigenvalue weighted by atomic mass is 16.5. The van der Waals surface area contributed by atoms with Crippen LogP contribution < -0.4 is 10.1 Å². The quantitative estimate of drug-likeness (QED) is 0.564. The number of hydrogen-bond acceptors (Lipinski definition) is 4. The van der Waals surface area contributed by atoms with Crippen LogP contribution >= 0.6 is 0 Å². The van der Waals surface area contributed by atoms with Crippen LogP contribution in [0.2, 0.25) is 0 Å². The van der Waals surface area contributed by atoms with Crippen molar-refractivity contribution in [3.8, 4) is 5.75 Å². The molecule has 0 aliphatic carbocycles. The standard InChI is InChI=1S/C16H27NO3/c1-18-14-15-19-12-6-5-10-17-11-7-13-20-16-8-3-2-4-9-16/h2-4,8-9,17H,5-7,10-15H2,1H3. The van der Waals surface area contributed by atoms with Gasteiger partial charge in [0.05, 0.1) is 19.8 Å². The molecule has 1 aromatic rings. The van der Waals surface area contributed by atoms with Gasteiger partial charge in [0.15, 0.2) is 0 Å². The zero-order valence-electron chi connectivity index (χ0n) is 12.5. The van der Waals surface area contributed by atoms with Crippen LogP contribution in [0.25, 0.3) is 0 Å². The van der Waals surface area contributed by atoms with Crippen LogP contribution in [0.4, 0.5) is 0 Å². The van der Waals surface area contributed by atoms with Crippen LogP contribution in [-0.2, 0) is 9.47 Å². The van der Waals surface area contributed by atoms with Gasteiger partial charge in [0, 0.05) is 13.7 Å². The fourth-order valence-electron chi connectivity index (χ4n) is 1.73. The number of benzene rings is 1. The average molecular weight is 281 g/mol. The van der Waals surface area contributed by atoms with E-state index in [1.807, 2.05) is 30.3 Å². The van der Waals surface area contributed by atoms with E-state index in [1.54, 1.807) is 7.11 Å². The van der Waals surface area contributed by atoms with E-state index in [0.717, 1.165) is 51.3 Å². The molecule has 0 spiro atoms. The van der Waals surface area contributed by atoms with E-state index in [1.165, 1.54) is 0 Å². The molecule has 0 saturated carbocycles. The Morgan fingerprint density at radius 2 is 1.65 bits per heavy atom. The first-order valence-electron chi connectivity index (χ1n) is 7.38. The number of ether oxygens (including phenoxy) is 3. The molecule has 1 rings (SSSR count). The molecule has 0 saturated heterocycles. The number of methoxy groups -OCH3 is 1. The second-order valence-electron chi connectivity index (χ2n) is 4.58. The normalized spacial score (nSPS) is 10.7. The molecule has 0 aliphatic heterocycles. The van der Waals surface area contributed by atoms with Gasteiger partial charge in [-0.05, 0) is 44.5 Å². The molecule has 1 aromatic carbocycles. The maximum Gasteiger partial charge on any atom is 0.119 e. The summed E-state index contributed by atoms with van der Waals surface area (Å²) in [5, 5.41) is 3.41. The van der Waals surface area contributed by atoms with Crippen LogP contribution in [0.1, 0.15) is 19.3 Å². The molecule has 0 aliphatic rings. The lowest BCUT2D eigenvalue weighted by Crippen LogP contribution is -2.19. The minimum atomic E-state index is 0.680. The summed E-state index contributed by atoms with van der Waals surface area (Å²) in [4.78, 5) is 0. The summed E-state index contributed by atoms with van der Waals surface area (Å²) in [6.07, 6.45) is 3.27. The molecule has 114 valence electrons. The molecule has 1 N–H and O–H groups in total. The number of nitrogens with one attached hydrogen (secondary N) is 1. The van der Waals surface area contributed by atoms with E-state index in [9.17, 15) is 0 Å². The summed E-state index contributed by atoms with van der Waals surface area (Å²) >= 11 is 0. The Hall–Kier alpha value is -1.10. The molecule has 0 aromatic heterocycles. The number of unbranched alkanes of at least 4 members (excludes halogenated alkanes) is 1. The first kappa shape index (κ1) is 17.0. The molecule has 0 amide bonds. The van der Waals surface area contributed by atoms with Gasteiger partial charge in [0.25, 0.3) is 0 Å². The van der Waals surface area contributed by atoms with Crippen LogP contribution in [0.3, 0.4) is 0 Å². The smallest absolute Gasteiger partial charge is 0.119 e. The second kappa shape index (κ2) is 12.9. The van der Waals surface area contributed by atoms with Gasteiger partial charge in [-0.15, -0.1) is 0 Å². The number of para-hydroxylation sites is 1. The van der Waals surface area contributed by atoms with E-state index in [2.05, 4.69) is 5.32 Å². The Balaban J connectivity index is 1.77. The van der Waals surface area contributed by atoms with E-state index in [4.69, 9.17) is 14.2 Å². The predicted molar refractivity (Wildman–Crippen MR) is 81.4 cm³/mol. The second-order valence-corrected chi connectivity index (χ2v) is 4.58. The third-order valence-electron chi connectivity index (χ3n) is 2.83. The Morgan fingerprint density at radius 1 is 0.850 bits per heavy atom. The zero-order chi connectivity index (χ0) is 14.3. The lowest BCUT2D eigenvalue weighted by atomic mass is 10.3. The van der Waals surface area contributed by atoms with Gasteiger partial charge >= 0.3 is 0 Å². The third-order valence-corrected chi connectivity index (χ3v) is 2.83. The fourth-order valence-corrected chi connectivity index (χ4v) is 1.73. The molecule has 0 radical (unpaired) electrons. The van der Waals surface area contributed by atoms with Gasteiger partial charge in [-0.25, -0.2) is 0 Å². The van der Waals surface area contributed by atoms with E-state index in [0.29, 0.717) is 13.2 Å². The van der Waals surface area contributed by atoms with Crippen molar-refractivity contribution in [2.24, 2.45) is 0 Å². The lowest BCUT2D eigenvalue weighted by Gasteiger charge is -2.07. The summed E-state index contributed by atoms with van der Waals surface area (Å²) in [6.45, 7) is 5.00. The van der Waals surface area contributed by atoms with Gasteiger partial charge < -0.3 is 19.5 Å². The Kier molecular flexibility index (Phi) is 10.9. The van der Waals surface area contributed by atoms with Crippen LogP contribution in [-0.4, -0.2) is 46.6 Å². The van der Waals surface area contributed by atoms with Crippen molar-refractivity contribution in [1.29, 1.82) is 0 Å². The Bertz CT molecular complexity index is 306. The van der Waals surface area contributed by atoms with Crippen LogP contribution in [0, 0.1) is 0 Å². The summed E-state index contributed by atoms with van der Waals surface area (Å²) in [6, 6.07) is 9.94. The maximum absolute atomic E-state index is 5.62. The van der Waals surface area contributed by atoms with Crippen molar-refractivity contribution < 1.29 is 14.2 Å². The van der Waals surface area contributed by atoms with Crippen molar-refractivity contribution in [3.05, 3.63) is 30.3 Å².